The van der Waals surface area contributed by atoms with Crippen LogP contribution >= 0.6 is 0 Å². The fourth-order valence-electron chi connectivity index (χ4n) is 3.77. The molecule has 134 valence electrons. The van der Waals surface area contributed by atoms with Crippen LogP contribution in [0.25, 0.3) is 0 Å². The van der Waals surface area contributed by atoms with E-state index in [1.54, 1.807) is 6.26 Å². The van der Waals surface area contributed by atoms with Gasteiger partial charge in [0.1, 0.15) is 5.76 Å². The van der Waals surface area contributed by atoms with Crippen molar-refractivity contribution in [1.29, 1.82) is 0 Å². The minimum atomic E-state index is 0.433. The second kappa shape index (κ2) is 9.11. The van der Waals surface area contributed by atoms with E-state index in [1.165, 1.54) is 25.7 Å². The van der Waals surface area contributed by atoms with E-state index in [-0.39, 0.29) is 0 Å². The molecule has 1 saturated heterocycles. The predicted molar refractivity (Wildman–Crippen MR) is 96.3 cm³/mol. The van der Waals surface area contributed by atoms with Gasteiger partial charge >= 0.3 is 0 Å². The van der Waals surface area contributed by atoms with Gasteiger partial charge in [0.15, 0.2) is 5.96 Å². The summed E-state index contributed by atoms with van der Waals surface area (Å²) in [6.45, 7) is 3.87. The normalized spacial score (nSPS) is 20.7. The molecule has 1 N–H and O–H groups in total. The average molecular weight is 333 g/mol. The first-order valence-corrected chi connectivity index (χ1v) is 9.44. The zero-order valence-electron chi connectivity index (χ0n) is 14.9. The highest BCUT2D eigenvalue weighted by molar-refractivity contribution is 5.79. The van der Waals surface area contributed by atoms with E-state index >= 15 is 0 Å². The third-order valence-corrected chi connectivity index (χ3v) is 5.23. The molecule has 0 radical (unpaired) electrons. The number of piperidine rings is 1. The predicted octanol–water partition coefficient (Wildman–Crippen LogP) is 3.07. The van der Waals surface area contributed by atoms with Crippen molar-refractivity contribution in [3.63, 3.8) is 0 Å². The fraction of sp³-hybridized carbons (Fsp3) is 0.737. The van der Waals surface area contributed by atoms with Crippen LogP contribution in [0.15, 0.2) is 27.8 Å². The van der Waals surface area contributed by atoms with Crippen LogP contribution in [0.2, 0.25) is 0 Å². The third kappa shape index (κ3) is 5.00. The topological polar surface area (TPSA) is 50.0 Å². The lowest BCUT2D eigenvalue weighted by Gasteiger charge is -2.34. The summed E-state index contributed by atoms with van der Waals surface area (Å²) in [7, 11) is 1.86. The molecular formula is C19H31N3O2. The second-order valence-electron chi connectivity index (χ2n) is 6.97. The molecule has 0 unspecified atom stereocenters. The summed E-state index contributed by atoms with van der Waals surface area (Å²) in [5, 5.41) is 3.44. The Labute approximate surface area is 145 Å². The number of nitrogens with zero attached hydrogens (tertiary/aromatic N) is 2. The van der Waals surface area contributed by atoms with E-state index in [0.29, 0.717) is 6.10 Å². The van der Waals surface area contributed by atoms with Crippen LogP contribution in [0.4, 0.5) is 0 Å². The summed E-state index contributed by atoms with van der Waals surface area (Å²) in [6.07, 6.45) is 10.8. The lowest BCUT2D eigenvalue weighted by atomic mass is 10.1. The summed E-state index contributed by atoms with van der Waals surface area (Å²) in [5.41, 5.74) is 0. The van der Waals surface area contributed by atoms with Gasteiger partial charge in [0.2, 0.25) is 0 Å². The molecule has 24 heavy (non-hydrogen) atoms. The van der Waals surface area contributed by atoms with Gasteiger partial charge in [0.05, 0.1) is 12.4 Å². The zero-order valence-corrected chi connectivity index (χ0v) is 14.9. The van der Waals surface area contributed by atoms with Crippen LogP contribution in [0.3, 0.4) is 0 Å². The van der Waals surface area contributed by atoms with Crippen LogP contribution in [-0.4, -0.2) is 50.3 Å². The van der Waals surface area contributed by atoms with Gasteiger partial charge in [-0.25, -0.2) is 0 Å². The van der Waals surface area contributed by atoms with Crippen LogP contribution in [0.5, 0.6) is 0 Å². The maximum atomic E-state index is 6.16. The molecule has 0 aromatic carbocycles. The summed E-state index contributed by atoms with van der Waals surface area (Å²) in [5.74, 6) is 2.83. The smallest absolute Gasteiger partial charge is 0.193 e. The molecule has 5 heteroatoms. The first-order valence-electron chi connectivity index (χ1n) is 9.44. The lowest BCUT2D eigenvalue weighted by Crippen LogP contribution is -2.47. The molecule has 2 fully saturated rings. The van der Waals surface area contributed by atoms with E-state index in [2.05, 4.69) is 15.2 Å². The van der Waals surface area contributed by atoms with Gasteiger partial charge in [0.25, 0.3) is 0 Å². The number of hydrogen-bond donors (Lipinski definition) is 1. The SMILES string of the molecule is CN=C(NCCc1ccco1)N1CCC(OCC2CCCC2)CC1. The number of furan rings is 1. The number of hydrogen-bond acceptors (Lipinski definition) is 3. The van der Waals surface area contributed by atoms with Crippen molar-refractivity contribution in [2.75, 3.05) is 33.3 Å². The number of rotatable bonds is 6. The number of ether oxygens (including phenoxy) is 1. The molecule has 1 saturated carbocycles. The molecule has 0 atom stereocenters. The molecule has 3 rings (SSSR count). The van der Waals surface area contributed by atoms with Gasteiger partial charge in [-0.2, -0.15) is 0 Å². The fourth-order valence-corrected chi connectivity index (χ4v) is 3.77. The molecule has 1 aliphatic carbocycles. The quantitative estimate of drug-likeness (QED) is 0.642. The highest BCUT2D eigenvalue weighted by Crippen LogP contribution is 2.26. The second-order valence-corrected chi connectivity index (χ2v) is 6.97. The van der Waals surface area contributed by atoms with Crippen LogP contribution in [-0.2, 0) is 11.2 Å². The van der Waals surface area contributed by atoms with Crippen molar-refractivity contribution in [2.24, 2.45) is 10.9 Å². The Balaban J connectivity index is 1.34. The van der Waals surface area contributed by atoms with Crippen molar-refractivity contribution in [1.82, 2.24) is 10.2 Å². The average Bonchev–Trinajstić information content (AvgIpc) is 3.31. The van der Waals surface area contributed by atoms with Gasteiger partial charge in [0, 0.05) is 39.7 Å². The van der Waals surface area contributed by atoms with E-state index in [9.17, 15) is 0 Å². The van der Waals surface area contributed by atoms with Gasteiger partial charge < -0.3 is 19.4 Å². The highest BCUT2D eigenvalue weighted by atomic mass is 16.5. The number of guanidine groups is 1. The van der Waals surface area contributed by atoms with E-state index in [4.69, 9.17) is 9.15 Å². The molecule has 2 heterocycles. The summed E-state index contributed by atoms with van der Waals surface area (Å²) in [4.78, 5) is 6.77. The Hall–Kier alpha value is -1.49. The van der Waals surface area contributed by atoms with Crippen molar-refractivity contribution in [3.8, 4) is 0 Å². The first kappa shape index (κ1) is 17.3. The Kier molecular flexibility index (Phi) is 6.58. The summed E-state index contributed by atoms with van der Waals surface area (Å²) in [6, 6.07) is 3.94. The molecule has 1 aliphatic heterocycles. The number of likely N-dealkylation sites (tertiary alicyclic amines) is 1. The maximum Gasteiger partial charge on any atom is 0.193 e. The van der Waals surface area contributed by atoms with E-state index < -0.39 is 0 Å². The number of aliphatic imine (C=N–C) groups is 1. The minimum absolute atomic E-state index is 0.433. The Morgan fingerprint density at radius 1 is 1.29 bits per heavy atom. The maximum absolute atomic E-state index is 6.16. The van der Waals surface area contributed by atoms with Gasteiger partial charge in [-0.1, -0.05) is 12.8 Å². The minimum Gasteiger partial charge on any atom is -0.469 e. The van der Waals surface area contributed by atoms with Crippen molar-refractivity contribution in [2.45, 2.75) is 51.0 Å². The van der Waals surface area contributed by atoms with Crippen LogP contribution < -0.4 is 5.32 Å². The first-order chi connectivity index (χ1) is 11.8. The molecule has 0 spiro atoms. The zero-order chi connectivity index (χ0) is 16.6. The third-order valence-electron chi connectivity index (χ3n) is 5.23. The largest absolute Gasteiger partial charge is 0.469 e. The standard InChI is InChI=1S/C19H31N3O2/c1-20-19(21-11-8-17-7-4-14-23-17)22-12-9-18(10-13-22)24-15-16-5-2-3-6-16/h4,7,14,16,18H,2-3,5-6,8-13,15H2,1H3,(H,20,21). The number of nitrogens with one attached hydrogen (secondary N) is 1. The van der Waals surface area contributed by atoms with Crippen molar-refractivity contribution < 1.29 is 9.15 Å². The highest BCUT2D eigenvalue weighted by Gasteiger charge is 2.23. The van der Waals surface area contributed by atoms with Gasteiger partial charge in [-0.15, -0.1) is 0 Å². The molecule has 1 aromatic heterocycles. The van der Waals surface area contributed by atoms with E-state index in [0.717, 1.165) is 63.1 Å². The lowest BCUT2D eigenvalue weighted by molar-refractivity contribution is 0.00103. The van der Waals surface area contributed by atoms with Gasteiger partial charge in [-0.3, -0.25) is 4.99 Å². The molecule has 0 bridgehead atoms. The Morgan fingerprint density at radius 2 is 2.08 bits per heavy atom. The monoisotopic (exact) mass is 333 g/mol. The van der Waals surface area contributed by atoms with Crippen molar-refractivity contribution >= 4 is 5.96 Å². The Morgan fingerprint density at radius 3 is 2.75 bits per heavy atom. The molecular weight excluding hydrogens is 302 g/mol. The van der Waals surface area contributed by atoms with Gasteiger partial charge in [-0.05, 0) is 43.7 Å². The van der Waals surface area contributed by atoms with Crippen LogP contribution in [0, 0.1) is 5.92 Å². The summed E-state index contributed by atoms with van der Waals surface area (Å²) >= 11 is 0. The molecule has 0 amide bonds. The molecule has 1 aromatic rings. The van der Waals surface area contributed by atoms with E-state index in [1.807, 2.05) is 19.2 Å². The van der Waals surface area contributed by atoms with Crippen molar-refractivity contribution in [3.05, 3.63) is 24.2 Å². The Bertz CT molecular complexity index is 487. The molecule has 2 aliphatic rings. The summed E-state index contributed by atoms with van der Waals surface area (Å²) < 4.78 is 11.5. The van der Waals surface area contributed by atoms with Crippen LogP contribution in [0.1, 0.15) is 44.3 Å². The molecule has 5 nitrogen and oxygen atoms in total.